The number of carbonyl (C=O) groups excluding carboxylic acids is 3. The number of ether oxygens (including phenoxy) is 3. The summed E-state index contributed by atoms with van der Waals surface area (Å²) in [6.45, 7) is 9.53. The number of hydrogen-bond donors (Lipinski definition) is 3. The van der Waals surface area contributed by atoms with Crippen LogP contribution >= 0.6 is 0 Å². The molecule has 60 heavy (non-hydrogen) atoms. The number of nitrogens with one attached hydrogen (secondary N) is 2. The Morgan fingerprint density at radius 1 is 1.15 bits per heavy atom. The number of aromatic nitrogens is 1. The van der Waals surface area contributed by atoms with E-state index in [9.17, 15) is 27.9 Å². The second-order valence-corrected chi connectivity index (χ2v) is 19.6. The van der Waals surface area contributed by atoms with E-state index in [1.54, 1.807) is 64.1 Å². The lowest BCUT2D eigenvalue weighted by atomic mass is 9.98. The molecule has 8 atom stereocenters. The molecule has 7 rings (SSSR count). The molecule has 0 spiro atoms. The molecule has 1 aromatic heterocycles. The van der Waals surface area contributed by atoms with Gasteiger partial charge in [0.1, 0.15) is 17.6 Å². The van der Waals surface area contributed by atoms with Crippen molar-refractivity contribution in [3.8, 4) is 11.8 Å². The van der Waals surface area contributed by atoms with E-state index in [0.717, 1.165) is 23.8 Å². The number of fused-ring (bicyclic) bond motifs is 5. The minimum atomic E-state index is -4.33. The van der Waals surface area contributed by atoms with Gasteiger partial charge in [-0.25, -0.2) is 13.2 Å². The SMILES string of the molecule is CCC(C)N(C(=O)O)[C@@H]1C(=O)N2[C@@H](C[C@@](C)(Oc3nc4c(c5ccccc35)CCCO4)C2(F)F)C(=O)NC2(C(=O)NS(=O)(=O)C3(C)CC3)C[C@H]2/C=C\CC[C@@H](C)O[C@H]1CC. The number of benzene rings is 1. The summed E-state index contributed by atoms with van der Waals surface area (Å²) in [5.41, 5.74) is -3.76. The van der Waals surface area contributed by atoms with Crippen molar-refractivity contribution in [2.24, 2.45) is 5.92 Å². The van der Waals surface area contributed by atoms with Crippen LogP contribution in [0, 0.1) is 5.92 Å². The Kier molecular flexibility index (Phi) is 11.4. The fourth-order valence-electron chi connectivity index (χ4n) is 8.77. The van der Waals surface area contributed by atoms with Gasteiger partial charge in [-0.15, -0.1) is 0 Å². The van der Waals surface area contributed by atoms with Crippen molar-refractivity contribution in [3.63, 3.8) is 0 Å². The number of pyridine rings is 1. The van der Waals surface area contributed by atoms with Crippen molar-refractivity contribution in [3.05, 3.63) is 42.0 Å². The van der Waals surface area contributed by atoms with Gasteiger partial charge >= 0.3 is 12.1 Å². The summed E-state index contributed by atoms with van der Waals surface area (Å²) in [5.74, 6) is -4.33. The van der Waals surface area contributed by atoms with E-state index in [2.05, 4.69) is 15.0 Å². The first-order chi connectivity index (χ1) is 28.2. The van der Waals surface area contributed by atoms with Gasteiger partial charge in [-0.1, -0.05) is 44.2 Å². The van der Waals surface area contributed by atoms with Gasteiger partial charge in [0.25, 0.3) is 11.8 Å². The second-order valence-electron chi connectivity index (χ2n) is 17.4. The Bertz CT molecular complexity index is 2200. The number of rotatable bonds is 9. The van der Waals surface area contributed by atoms with Crippen molar-refractivity contribution in [1.82, 2.24) is 24.8 Å². The van der Waals surface area contributed by atoms with Crippen LogP contribution in [0.1, 0.15) is 105 Å². The summed E-state index contributed by atoms with van der Waals surface area (Å²) in [6, 6.07) is -2.13. The molecule has 1 aromatic carbocycles. The molecule has 2 unspecified atom stereocenters. The Hall–Kier alpha value is -4.58. The minimum absolute atomic E-state index is 0.0451. The van der Waals surface area contributed by atoms with Crippen LogP contribution in [0.3, 0.4) is 0 Å². The highest BCUT2D eigenvalue weighted by molar-refractivity contribution is 7.91. The average molecular weight is 860 g/mol. The van der Waals surface area contributed by atoms with E-state index in [4.69, 9.17) is 14.2 Å². The van der Waals surface area contributed by atoms with Crippen LogP contribution in [0.2, 0.25) is 0 Å². The first-order valence-corrected chi connectivity index (χ1v) is 22.4. The molecular formula is C42H55F2N5O10S. The molecule has 1 saturated heterocycles. The molecule has 2 aromatic rings. The van der Waals surface area contributed by atoms with Crippen molar-refractivity contribution >= 4 is 44.6 Å². The molecular weight excluding hydrogens is 805 g/mol. The largest absolute Gasteiger partial charge is 0.477 e. The van der Waals surface area contributed by atoms with Crippen molar-refractivity contribution in [1.29, 1.82) is 0 Å². The summed E-state index contributed by atoms with van der Waals surface area (Å²) in [7, 11) is -4.18. The lowest BCUT2D eigenvalue weighted by Crippen LogP contribution is -2.66. The quantitative estimate of drug-likeness (QED) is 0.215. The van der Waals surface area contributed by atoms with E-state index in [1.165, 1.54) is 6.92 Å². The maximum atomic E-state index is 17.8. The number of carbonyl (C=O) groups is 4. The second kappa shape index (κ2) is 15.7. The number of nitrogens with zero attached hydrogens (tertiary/aromatic N) is 3. The molecule has 5 aliphatic rings. The Balaban J connectivity index is 1.36. The number of aryl methyl sites for hydroxylation is 1. The van der Waals surface area contributed by atoms with Gasteiger partial charge in [0.2, 0.25) is 27.7 Å². The molecule has 3 fully saturated rings. The number of carboxylic acid groups (broad SMARTS) is 1. The van der Waals surface area contributed by atoms with Crippen LogP contribution in [0.15, 0.2) is 36.4 Å². The van der Waals surface area contributed by atoms with E-state index in [0.29, 0.717) is 49.5 Å². The predicted octanol–water partition coefficient (Wildman–Crippen LogP) is 5.45. The molecule has 0 radical (unpaired) electrons. The summed E-state index contributed by atoms with van der Waals surface area (Å²) in [4.78, 5) is 62.6. The fraction of sp³-hybridized carbons (Fsp3) is 0.643. The van der Waals surface area contributed by atoms with Gasteiger partial charge in [0.15, 0.2) is 5.60 Å². The summed E-state index contributed by atoms with van der Waals surface area (Å²) < 4.78 is 81.6. The third kappa shape index (κ3) is 7.44. The molecule has 3 aliphatic heterocycles. The minimum Gasteiger partial charge on any atom is -0.477 e. The van der Waals surface area contributed by atoms with Gasteiger partial charge in [0.05, 0.1) is 23.6 Å². The monoisotopic (exact) mass is 859 g/mol. The molecule has 3 N–H and O–H groups in total. The normalized spacial score (nSPS) is 32.1. The van der Waals surface area contributed by atoms with E-state index < -0.39 is 98.4 Å². The van der Waals surface area contributed by atoms with Crippen molar-refractivity contribution in [2.75, 3.05) is 6.61 Å². The zero-order valence-electron chi connectivity index (χ0n) is 34.8. The smallest absolute Gasteiger partial charge is 0.408 e. The molecule has 2 saturated carbocycles. The number of amides is 4. The van der Waals surface area contributed by atoms with Crippen LogP contribution in [0.5, 0.6) is 11.8 Å². The van der Waals surface area contributed by atoms with Gasteiger partial charge in [0, 0.05) is 29.3 Å². The lowest BCUT2D eigenvalue weighted by Gasteiger charge is -2.42. The van der Waals surface area contributed by atoms with Crippen LogP contribution in [0.4, 0.5) is 13.6 Å². The number of halogens is 2. The maximum absolute atomic E-state index is 17.8. The highest BCUT2D eigenvalue weighted by Gasteiger charge is 2.71. The number of allylic oxidation sites excluding steroid dienone is 1. The number of alkyl halides is 2. The summed E-state index contributed by atoms with van der Waals surface area (Å²) >= 11 is 0. The van der Waals surface area contributed by atoms with Crippen LogP contribution in [-0.4, -0.2) is 111 Å². The standard InChI is InChI=1S/C42H55F2N5O10S/c1-7-24(3)48(38(53)54)32-31(8-2)58-25(4)14-9-10-15-26-22-41(26,37(52)47-60(55,56)39(5)19-20-39)46-33(50)30-23-40(6,42(43,44)49(30)36(32)51)59-35-29-17-12-11-16-27(29)28-18-13-21-57-34(28)45-35/h10-12,15-17,24-26,30-32H,7-9,13-14,18-23H2,1-6H3,(H,46,50)(H,47,52)(H,53,54)/b15-10-/t24?,25-,26-,30+,31+,32+,40-,41?/m1/s1. The lowest BCUT2D eigenvalue weighted by molar-refractivity contribution is -0.220. The average Bonchev–Trinajstić information content (AvgIpc) is 4.11. The molecule has 4 amide bonds. The van der Waals surface area contributed by atoms with E-state index >= 15 is 13.6 Å². The highest BCUT2D eigenvalue weighted by Crippen LogP contribution is 2.52. The number of sulfonamides is 1. The Labute approximate surface area is 348 Å². The molecule has 328 valence electrons. The summed E-state index contributed by atoms with van der Waals surface area (Å²) in [6.07, 6.45) is 2.26. The maximum Gasteiger partial charge on any atom is 0.408 e. The van der Waals surface area contributed by atoms with Gasteiger partial charge in [-0.3, -0.25) is 28.9 Å². The summed E-state index contributed by atoms with van der Waals surface area (Å²) in [5, 5.41) is 14.3. The van der Waals surface area contributed by atoms with Crippen molar-refractivity contribution < 1.29 is 55.7 Å². The molecule has 0 bridgehead atoms. The van der Waals surface area contributed by atoms with Crippen LogP contribution in [0.25, 0.3) is 10.8 Å². The van der Waals surface area contributed by atoms with Crippen LogP contribution in [-0.2, 0) is 35.6 Å². The first kappa shape index (κ1) is 43.5. The van der Waals surface area contributed by atoms with Gasteiger partial charge < -0.3 is 24.6 Å². The zero-order valence-corrected chi connectivity index (χ0v) is 35.7. The number of hydrogen-bond acceptors (Lipinski definition) is 10. The molecule has 18 heteroatoms. The molecule has 4 heterocycles. The Morgan fingerprint density at radius 2 is 1.85 bits per heavy atom. The van der Waals surface area contributed by atoms with Gasteiger partial charge in [-0.2, -0.15) is 13.8 Å². The molecule has 2 aliphatic carbocycles. The van der Waals surface area contributed by atoms with Gasteiger partial charge in [-0.05, 0) is 96.9 Å². The topological polar surface area (TPSA) is 194 Å². The predicted molar refractivity (Wildman–Crippen MR) is 215 cm³/mol. The highest BCUT2D eigenvalue weighted by atomic mass is 32.2. The zero-order chi connectivity index (χ0) is 43.6. The van der Waals surface area contributed by atoms with E-state index in [-0.39, 0.29) is 35.9 Å². The first-order valence-electron chi connectivity index (χ1n) is 20.9. The molecule has 15 nitrogen and oxygen atoms in total. The third-order valence-corrected chi connectivity index (χ3v) is 15.3. The van der Waals surface area contributed by atoms with Crippen LogP contribution < -0.4 is 19.5 Å². The fourth-order valence-corrected chi connectivity index (χ4v) is 10.1. The van der Waals surface area contributed by atoms with Crippen molar-refractivity contribution in [2.45, 2.75) is 158 Å². The van der Waals surface area contributed by atoms with E-state index in [1.807, 2.05) is 0 Å². The Morgan fingerprint density at radius 3 is 2.50 bits per heavy atom. The third-order valence-electron chi connectivity index (χ3n) is 13.2.